The van der Waals surface area contributed by atoms with E-state index in [1.54, 1.807) is 87.3 Å². The minimum atomic E-state index is -1.09. The number of fused-ring (bicyclic) bond motifs is 4. The molecular weight excluding hydrogens is 1290 g/mol. The number of pyridine rings is 4. The number of carbonyl (C=O) groups excluding carboxylic acids is 5. The maximum atomic E-state index is 12.2. The van der Waals surface area contributed by atoms with Gasteiger partial charge in [-0.3, -0.25) is 24.8 Å². The second-order valence-electron chi connectivity index (χ2n) is 17.2. The van der Waals surface area contributed by atoms with Gasteiger partial charge in [0.1, 0.15) is 65.3 Å². The molecule has 0 spiro atoms. The van der Waals surface area contributed by atoms with Gasteiger partial charge in [-0.2, -0.15) is 20.0 Å². The first-order chi connectivity index (χ1) is 44.2. The Bertz CT molecular complexity index is 4300. The van der Waals surface area contributed by atoms with E-state index in [2.05, 4.69) is 119 Å². The maximum Gasteiger partial charge on any atom is 0.391 e. The molecule has 0 fully saturated rings. The molecule has 1 amide bonds. The first-order valence-corrected chi connectivity index (χ1v) is 27.3. The number of carbonyl (C=O) groups is 5. The minimum absolute atomic E-state index is 0. The maximum absolute atomic E-state index is 12.2. The SMILES string of the molecule is C.C.CC(N)=S.CC1=NCC=N1.CO.COC(=O)C(=O)Cl.COC(=O)C(=O)c1c[nH]c2c(-n3cnc(C)n3)ncc(OC)c12.COc1cnc(-n2cnc(C)n2)c2[nH]ccc12.COc1cnc(-n2ncnc2C)c2[nH]ccc12.COc1cnc(Cl)c2[nH]ccc12.NNC=O. The second kappa shape index (κ2) is 39.9. The van der Waals surface area contributed by atoms with E-state index in [9.17, 15) is 19.2 Å². The number of esters is 2. The van der Waals surface area contributed by atoms with Gasteiger partial charge in [0.25, 0.3) is 5.78 Å². The molecular formula is C57H72Cl2N22O12S. The Labute approximate surface area is 552 Å². The second-order valence-corrected chi connectivity index (χ2v) is 18.5. The number of hydrogen-bond donors (Lipinski definition) is 8. The number of amidine groups is 1. The van der Waals surface area contributed by atoms with Crippen molar-refractivity contribution in [3.05, 3.63) is 115 Å². The smallest absolute Gasteiger partial charge is 0.391 e. The Kier molecular flexibility index (Phi) is 33.5. The summed E-state index contributed by atoms with van der Waals surface area (Å²) < 4.78 is 34.1. The van der Waals surface area contributed by atoms with Crippen LogP contribution in [-0.2, 0) is 28.7 Å². The highest BCUT2D eigenvalue weighted by atomic mass is 35.5. The van der Waals surface area contributed by atoms with E-state index >= 15 is 0 Å². The fraction of sp³-hybridized carbons (Fsp3) is 0.263. The Morgan fingerprint density at radius 1 is 0.660 bits per heavy atom. The number of hydrazine groups is 1. The van der Waals surface area contributed by atoms with Crippen LogP contribution in [0.15, 0.2) is 96.7 Å². The van der Waals surface area contributed by atoms with Crippen LogP contribution in [0.5, 0.6) is 23.0 Å². The molecule has 94 heavy (non-hydrogen) atoms. The molecule has 12 rings (SSSR count). The summed E-state index contributed by atoms with van der Waals surface area (Å²) in [5.41, 5.74) is 9.82. The van der Waals surface area contributed by atoms with E-state index in [-0.39, 0.29) is 20.4 Å². The van der Waals surface area contributed by atoms with Crippen molar-refractivity contribution in [2.75, 3.05) is 56.3 Å². The lowest BCUT2D eigenvalue weighted by Gasteiger charge is -2.07. The van der Waals surface area contributed by atoms with Crippen LogP contribution in [0, 0.1) is 20.8 Å². The third-order valence-corrected chi connectivity index (χ3v) is 11.8. The molecule has 0 atom stereocenters. The summed E-state index contributed by atoms with van der Waals surface area (Å²) in [7, 11) is 9.55. The molecule has 0 radical (unpaired) electrons. The predicted molar refractivity (Wildman–Crippen MR) is 358 cm³/mol. The van der Waals surface area contributed by atoms with E-state index in [0.717, 1.165) is 95.3 Å². The van der Waals surface area contributed by atoms with Crippen LogP contribution in [-0.4, -0.2) is 192 Å². The average molecular weight is 1360 g/mol. The van der Waals surface area contributed by atoms with Crippen LogP contribution in [0.1, 0.15) is 56.5 Å². The van der Waals surface area contributed by atoms with Crippen molar-refractivity contribution in [3.8, 4) is 40.5 Å². The molecule has 37 heteroatoms. The lowest BCUT2D eigenvalue weighted by atomic mass is 10.1. The third kappa shape index (κ3) is 21.2. The Hall–Kier alpha value is -11.1. The molecule has 0 aromatic carbocycles. The summed E-state index contributed by atoms with van der Waals surface area (Å²) in [6, 6.07) is 5.80. The van der Waals surface area contributed by atoms with Crippen LogP contribution < -0.4 is 35.9 Å². The predicted octanol–water partition coefficient (Wildman–Crippen LogP) is 6.16. The molecule has 10 N–H and O–H groups in total. The molecule has 11 aromatic heterocycles. The quantitative estimate of drug-likeness (QED) is 0.00687. The van der Waals surface area contributed by atoms with Crippen LogP contribution in [0.4, 0.5) is 0 Å². The topological polar surface area (TPSA) is 457 Å². The van der Waals surface area contributed by atoms with Gasteiger partial charge < -0.3 is 59.2 Å². The summed E-state index contributed by atoms with van der Waals surface area (Å²) in [5, 5.41) is 22.3. The summed E-state index contributed by atoms with van der Waals surface area (Å²) in [6.07, 6.45) is 20.2. The number of aliphatic hydroxyl groups excluding tert-OH is 1. The number of aromatic amines is 4. The number of amides is 1. The van der Waals surface area contributed by atoms with Crippen molar-refractivity contribution in [1.82, 2.24) is 89.6 Å². The van der Waals surface area contributed by atoms with E-state index in [1.807, 2.05) is 51.4 Å². The number of nitrogens with zero attached hydrogens (tertiary/aromatic N) is 15. The van der Waals surface area contributed by atoms with Crippen LogP contribution >= 0.6 is 35.4 Å². The van der Waals surface area contributed by atoms with Crippen molar-refractivity contribution in [2.24, 2.45) is 21.6 Å². The fourth-order valence-corrected chi connectivity index (χ4v) is 7.81. The molecule has 11 aromatic rings. The molecule has 1 aliphatic rings. The van der Waals surface area contributed by atoms with Crippen molar-refractivity contribution in [3.63, 3.8) is 0 Å². The van der Waals surface area contributed by atoms with Gasteiger partial charge in [0, 0.05) is 54.3 Å². The molecule has 0 unspecified atom stereocenters. The zero-order chi connectivity index (χ0) is 68.0. The summed E-state index contributed by atoms with van der Waals surface area (Å²) in [5.74, 6) is 9.07. The van der Waals surface area contributed by atoms with Gasteiger partial charge in [-0.1, -0.05) is 38.7 Å². The zero-order valence-electron chi connectivity index (χ0n) is 51.4. The van der Waals surface area contributed by atoms with Crippen LogP contribution in [0.3, 0.4) is 0 Å². The highest BCUT2D eigenvalue weighted by Crippen LogP contribution is 2.33. The first kappa shape index (κ1) is 79.0. The standard InChI is InChI=1S/C14H13N5O4.2C11H11N5O.C8H7ClN2O.C4H6N2.C3H3ClO3.C2H5NS.CH4N2O.CH4O.2CH4/c1-7-17-6-19(18-7)13-11-10(9(22-2)5-16-13)8(4-15-11)12(20)14(21)23-3;1-7-14-6-16(15-7)11-10-8(3-4-12-10)9(17-2)5-13-11;1-7-14-6-15-16(7)11-10-8(3-4-12-10)9(17-2)5-13-11;1-12-6-4-11-8(9)7-5(6)2-3-10-7;1-4-5-2-3-6-4;1-7-3(6)2(4)5;1-2(3)4;2-3-1-4;1-2;;/h4-6,15H,1-3H3;2*3-6,12H,1-2H3;2-4,10H,1H3;2H,3H2,1H3;1H3;1H3,(H2,3,4);1H,2H2,(H,3,4);2H,1H3;2*1H4. The number of rotatable bonds is 11. The van der Waals surface area contributed by atoms with Crippen LogP contribution in [0.2, 0.25) is 5.15 Å². The third-order valence-electron chi connectivity index (χ3n) is 11.4. The number of ketones is 1. The summed E-state index contributed by atoms with van der Waals surface area (Å²) in [4.78, 5) is 102. The van der Waals surface area contributed by atoms with E-state index in [1.165, 1.54) is 36.8 Å². The molecule has 0 saturated carbocycles. The lowest BCUT2D eigenvalue weighted by Crippen LogP contribution is -2.18. The van der Waals surface area contributed by atoms with Crippen molar-refractivity contribution in [2.45, 2.75) is 49.5 Å². The number of Topliss-reactive ketones (excluding diaryl/α,β-unsaturated/α-hetero) is 1. The summed E-state index contributed by atoms with van der Waals surface area (Å²) >= 11 is 14.8. The highest BCUT2D eigenvalue weighted by molar-refractivity contribution is 7.80. The summed E-state index contributed by atoms with van der Waals surface area (Å²) in [6.45, 7) is 9.82. The molecule has 0 bridgehead atoms. The first-order valence-electron chi connectivity index (χ1n) is 26.1. The van der Waals surface area contributed by atoms with Crippen LogP contribution in [0.25, 0.3) is 61.1 Å². The number of aliphatic hydroxyl groups is 1. The number of ether oxygens (including phenoxy) is 6. The van der Waals surface area contributed by atoms with Gasteiger partial charge in [-0.25, -0.2) is 64.7 Å². The number of nitrogens with one attached hydrogen (secondary N) is 5. The monoisotopic (exact) mass is 1360 g/mol. The number of nitrogens with two attached hydrogens (primary N) is 2. The van der Waals surface area contributed by atoms with Gasteiger partial charge in [0.05, 0.1) is 112 Å². The molecule has 12 heterocycles. The number of thiocarbonyl (C=S) groups is 1. The molecule has 34 nitrogen and oxygen atoms in total. The minimum Gasteiger partial charge on any atom is -0.494 e. The number of halogens is 2. The normalized spacial score (nSPS) is 10.2. The van der Waals surface area contributed by atoms with Crippen molar-refractivity contribution in [1.29, 1.82) is 0 Å². The number of H-pyrrole nitrogens is 4. The zero-order valence-corrected chi connectivity index (χ0v) is 53.7. The average Bonchev–Trinajstić information content (AvgIpc) is 1.55. The Balaban J connectivity index is 0.000000386. The number of methoxy groups -OCH3 is 6. The van der Waals surface area contributed by atoms with Gasteiger partial charge in [0.2, 0.25) is 6.41 Å². The van der Waals surface area contributed by atoms with Gasteiger partial charge in [0.15, 0.2) is 22.6 Å². The van der Waals surface area contributed by atoms with Crippen molar-refractivity contribution < 1.29 is 57.5 Å². The van der Waals surface area contributed by atoms with E-state index in [0.29, 0.717) is 56.5 Å². The highest BCUT2D eigenvalue weighted by Gasteiger charge is 2.25. The van der Waals surface area contributed by atoms with Gasteiger partial charge in [-0.15, -0.1) is 0 Å². The van der Waals surface area contributed by atoms with E-state index < -0.39 is 23.0 Å². The van der Waals surface area contributed by atoms with Crippen molar-refractivity contribution >= 4 is 125 Å². The molecule has 502 valence electrons. The fourth-order valence-electron chi connectivity index (χ4n) is 7.53. The largest absolute Gasteiger partial charge is 0.494 e. The molecule has 0 aliphatic carbocycles. The number of hydrogen-bond acceptors (Lipinski definition) is 26. The molecule has 1 aliphatic heterocycles. The number of aliphatic imine (C=N–C) groups is 2. The number of aryl methyl sites for hydroxylation is 3. The van der Waals surface area contributed by atoms with Gasteiger partial charge in [-0.05, 0) is 64.4 Å². The van der Waals surface area contributed by atoms with Gasteiger partial charge >= 0.3 is 17.2 Å². The lowest BCUT2D eigenvalue weighted by molar-refractivity contribution is -0.148. The van der Waals surface area contributed by atoms with E-state index in [4.69, 9.17) is 46.2 Å². The Morgan fingerprint density at radius 2 is 1.10 bits per heavy atom. The number of aromatic nitrogens is 17. The molecule has 0 saturated heterocycles. The Morgan fingerprint density at radius 3 is 1.47 bits per heavy atom.